The maximum atomic E-state index is 14.1. The van der Waals surface area contributed by atoms with E-state index in [1.165, 1.54) is 6.07 Å². The Morgan fingerprint density at radius 3 is 2.96 bits per heavy atom. The number of piperidine rings is 1. The van der Waals surface area contributed by atoms with E-state index in [1.54, 1.807) is 24.3 Å². The summed E-state index contributed by atoms with van der Waals surface area (Å²) in [5.41, 5.74) is 1.18. The molecule has 1 amide bonds. The Morgan fingerprint density at radius 1 is 1.36 bits per heavy atom. The molecule has 28 heavy (non-hydrogen) atoms. The van der Waals surface area contributed by atoms with Gasteiger partial charge in [-0.3, -0.25) is 9.69 Å². The maximum Gasteiger partial charge on any atom is 0.228 e. The highest BCUT2D eigenvalue weighted by Crippen LogP contribution is 2.25. The summed E-state index contributed by atoms with van der Waals surface area (Å²) >= 11 is 6.14. The molecule has 0 radical (unpaired) electrons. The predicted molar refractivity (Wildman–Crippen MR) is 110 cm³/mol. The van der Waals surface area contributed by atoms with Crippen molar-refractivity contribution >= 4 is 23.2 Å². The van der Waals surface area contributed by atoms with Crippen LogP contribution in [0.15, 0.2) is 55.1 Å². The molecule has 0 bridgehead atoms. The van der Waals surface area contributed by atoms with Crippen LogP contribution in [0.2, 0.25) is 5.02 Å². The van der Waals surface area contributed by atoms with Crippen molar-refractivity contribution in [1.29, 1.82) is 0 Å². The third-order valence-electron chi connectivity index (χ3n) is 4.79. The number of ether oxygens (including phenoxy) is 1. The first-order valence-electron chi connectivity index (χ1n) is 9.36. The number of rotatable bonds is 7. The largest absolute Gasteiger partial charge is 0.489 e. The number of nitrogens with one attached hydrogen (secondary N) is 1. The van der Waals surface area contributed by atoms with Gasteiger partial charge in [0.15, 0.2) is 0 Å². The van der Waals surface area contributed by atoms with Crippen molar-refractivity contribution in [2.45, 2.75) is 19.4 Å². The van der Waals surface area contributed by atoms with Crippen LogP contribution in [-0.4, -0.2) is 30.5 Å². The number of anilines is 1. The Bertz CT molecular complexity index is 823. The van der Waals surface area contributed by atoms with Crippen LogP contribution < -0.4 is 10.1 Å². The zero-order chi connectivity index (χ0) is 19.9. The molecule has 1 aliphatic heterocycles. The van der Waals surface area contributed by atoms with Gasteiger partial charge in [-0.05, 0) is 43.7 Å². The lowest BCUT2D eigenvalue weighted by atomic mass is 9.96. The number of halogens is 2. The van der Waals surface area contributed by atoms with Gasteiger partial charge in [0, 0.05) is 35.4 Å². The molecule has 1 aliphatic rings. The van der Waals surface area contributed by atoms with Crippen LogP contribution in [0.1, 0.15) is 18.4 Å². The van der Waals surface area contributed by atoms with E-state index in [0.717, 1.165) is 19.4 Å². The Hall–Kier alpha value is -2.37. The Labute approximate surface area is 169 Å². The van der Waals surface area contributed by atoms with E-state index in [-0.39, 0.29) is 17.6 Å². The molecular weight excluding hydrogens is 379 g/mol. The molecular formula is C22H24ClFN2O2. The SMILES string of the molecule is C=CCOc1cccc(NC(=O)C2CCCN(Cc3c(F)cccc3Cl)C2)c1. The van der Waals surface area contributed by atoms with Crippen molar-refractivity contribution in [1.82, 2.24) is 4.90 Å². The van der Waals surface area contributed by atoms with Gasteiger partial charge in [0.1, 0.15) is 18.2 Å². The number of carbonyl (C=O) groups is 1. The second kappa shape index (κ2) is 9.71. The molecule has 1 heterocycles. The van der Waals surface area contributed by atoms with E-state index in [0.29, 0.717) is 41.7 Å². The van der Waals surface area contributed by atoms with Crippen LogP contribution in [0.25, 0.3) is 0 Å². The highest BCUT2D eigenvalue weighted by atomic mass is 35.5. The van der Waals surface area contributed by atoms with Crippen LogP contribution in [0.5, 0.6) is 5.75 Å². The molecule has 1 unspecified atom stereocenters. The van der Waals surface area contributed by atoms with Crippen molar-refractivity contribution in [2.24, 2.45) is 5.92 Å². The first-order chi connectivity index (χ1) is 13.6. The monoisotopic (exact) mass is 402 g/mol. The van der Waals surface area contributed by atoms with Crippen LogP contribution in [0, 0.1) is 11.7 Å². The molecule has 0 aliphatic carbocycles. The van der Waals surface area contributed by atoms with Gasteiger partial charge in [0.05, 0.1) is 5.92 Å². The first kappa shape index (κ1) is 20.4. The second-order valence-corrected chi connectivity index (χ2v) is 7.30. The van der Waals surface area contributed by atoms with Crippen molar-refractivity contribution in [3.05, 3.63) is 71.5 Å². The summed E-state index contributed by atoms with van der Waals surface area (Å²) in [5.74, 6) is 0.176. The third-order valence-corrected chi connectivity index (χ3v) is 5.14. The summed E-state index contributed by atoms with van der Waals surface area (Å²) < 4.78 is 19.6. The summed E-state index contributed by atoms with van der Waals surface area (Å²) in [6, 6.07) is 12.0. The number of benzene rings is 2. The van der Waals surface area contributed by atoms with Gasteiger partial charge < -0.3 is 10.1 Å². The van der Waals surface area contributed by atoms with Crippen LogP contribution in [0.3, 0.4) is 0 Å². The maximum absolute atomic E-state index is 14.1. The molecule has 1 N–H and O–H groups in total. The van der Waals surface area contributed by atoms with Crippen LogP contribution in [0.4, 0.5) is 10.1 Å². The minimum atomic E-state index is -0.310. The summed E-state index contributed by atoms with van der Waals surface area (Å²) in [6.45, 7) is 5.83. The Morgan fingerprint density at radius 2 is 2.18 bits per heavy atom. The topological polar surface area (TPSA) is 41.6 Å². The normalized spacial score (nSPS) is 17.1. The highest BCUT2D eigenvalue weighted by Gasteiger charge is 2.26. The standard InChI is InChI=1S/C22H24ClFN2O2/c1-2-12-28-18-8-3-7-17(13-18)25-22(27)16-6-5-11-26(14-16)15-19-20(23)9-4-10-21(19)24/h2-4,7-10,13,16H,1,5-6,11-12,14-15H2,(H,25,27). The molecule has 6 heteroatoms. The smallest absolute Gasteiger partial charge is 0.228 e. The number of hydrogen-bond donors (Lipinski definition) is 1. The molecule has 0 spiro atoms. The Balaban J connectivity index is 1.61. The number of hydrogen-bond acceptors (Lipinski definition) is 3. The molecule has 1 saturated heterocycles. The summed E-state index contributed by atoms with van der Waals surface area (Å²) in [6.07, 6.45) is 3.36. The first-order valence-corrected chi connectivity index (χ1v) is 9.74. The summed E-state index contributed by atoms with van der Waals surface area (Å²) in [7, 11) is 0. The average molecular weight is 403 g/mol. The van der Waals surface area contributed by atoms with E-state index < -0.39 is 0 Å². The van der Waals surface area contributed by atoms with Gasteiger partial charge in [-0.25, -0.2) is 4.39 Å². The fourth-order valence-corrected chi connectivity index (χ4v) is 3.61. The van der Waals surface area contributed by atoms with Gasteiger partial charge in [-0.15, -0.1) is 0 Å². The van der Waals surface area contributed by atoms with Gasteiger partial charge >= 0.3 is 0 Å². The Kier molecular flexibility index (Phi) is 7.06. The van der Waals surface area contributed by atoms with E-state index in [4.69, 9.17) is 16.3 Å². The van der Waals surface area contributed by atoms with Gasteiger partial charge in [-0.1, -0.05) is 36.4 Å². The molecule has 3 rings (SSSR count). The van der Waals surface area contributed by atoms with Crippen LogP contribution >= 0.6 is 11.6 Å². The fraction of sp³-hybridized carbons (Fsp3) is 0.318. The number of amides is 1. The molecule has 0 saturated carbocycles. The molecule has 2 aromatic carbocycles. The van der Waals surface area contributed by atoms with Crippen molar-refractivity contribution < 1.29 is 13.9 Å². The zero-order valence-corrected chi connectivity index (χ0v) is 16.4. The lowest BCUT2D eigenvalue weighted by molar-refractivity contribution is -0.121. The minimum absolute atomic E-state index is 0.0369. The lowest BCUT2D eigenvalue weighted by Gasteiger charge is -2.32. The highest BCUT2D eigenvalue weighted by molar-refractivity contribution is 6.31. The summed E-state index contributed by atoms with van der Waals surface area (Å²) in [4.78, 5) is 14.8. The van der Waals surface area contributed by atoms with Gasteiger partial charge in [0.2, 0.25) is 5.91 Å². The molecule has 2 aromatic rings. The minimum Gasteiger partial charge on any atom is -0.489 e. The van der Waals surface area contributed by atoms with E-state index in [2.05, 4.69) is 16.8 Å². The molecule has 1 fully saturated rings. The van der Waals surface area contributed by atoms with Gasteiger partial charge in [-0.2, -0.15) is 0 Å². The van der Waals surface area contributed by atoms with Gasteiger partial charge in [0.25, 0.3) is 0 Å². The predicted octanol–water partition coefficient (Wildman–Crippen LogP) is 4.89. The molecule has 148 valence electrons. The van der Waals surface area contributed by atoms with E-state index in [9.17, 15) is 9.18 Å². The second-order valence-electron chi connectivity index (χ2n) is 6.89. The number of likely N-dealkylation sites (tertiary alicyclic amines) is 1. The molecule has 4 nitrogen and oxygen atoms in total. The van der Waals surface area contributed by atoms with Crippen molar-refractivity contribution in [2.75, 3.05) is 25.0 Å². The molecule has 1 atom stereocenters. The summed E-state index contributed by atoms with van der Waals surface area (Å²) in [5, 5.41) is 3.38. The fourth-order valence-electron chi connectivity index (χ4n) is 3.38. The van der Waals surface area contributed by atoms with Crippen molar-refractivity contribution in [3.63, 3.8) is 0 Å². The zero-order valence-electron chi connectivity index (χ0n) is 15.7. The third kappa shape index (κ3) is 5.33. The average Bonchev–Trinajstić information content (AvgIpc) is 2.70. The van der Waals surface area contributed by atoms with Crippen molar-refractivity contribution in [3.8, 4) is 5.75 Å². The van der Waals surface area contributed by atoms with E-state index in [1.807, 2.05) is 18.2 Å². The van der Waals surface area contributed by atoms with Crippen LogP contribution in [-0.2, 0) is 11.3 Å². The quantitative estimate of drug-likeness (QED) is 0.670. The molecule has 0 aromatic heterocycles. The number of nitrogens with zero attached hydrogens (tertiary/aromatic N) is 1. The lowest BCUT2D eigenvalue weighted by Crippen LogP contribution is -2.40. The van der Waals surface area contributed by atoms with E-state index >= 15 is 0 Å². The number of carbonyl (C=O) groups excluding carboxylic acids is 1.